The molecule has 0 aliphatic rings. The Labute approximate surface area is 112 Å². The van der Waals surface area contributed by atoms with E-state index in [0.717, 1.165) is 23.3 Å². The molecule has 96 valence electrons. The molecular formula is C16H16N2O. The fraction of sp³-hybridized carbons (Fsp3) is 0.188. The first-order valence-corrected chi connectivity index (χ1v) is 6.44. The van der Waals surface area contributed by atoms with Crippen LogP contribution in [0.2, 0.25) is 0 Å². The average molecular weight is 252 g/mol. The van der Waals surface area contributed by atoms with Crippen molar-refractivity contribution in [3.05, 3.63) is 60.8 Å². The molecule has 2 aromatic heterocycles. The van der Waals surface area contributed by atoms with E-state index < -0.39 is 0 Å². The monoisotopic (exact) mass is 252 g/mol. The van der Waals surface area contributed by atoms with Crippen LogP contribution in [0.4, 0.5) is 5.69 Å². The standard InChI is InChI=1S/C16H16N2O/c1-12(10-14-5-3-9-19-14)18-16-6-2-4-13-7-8-17-11-15(13)16/h2-9,11-12,18H,10H2,1H3. The van der Waals surface area contributed by atoms with E-state index in [2.05, 4.69) is 35.4 Å². The minimum absolute atomic E-state index is 0.303. The number of pyridine rings is 1. The van der Waals surface area contributed by atoms with Gasteiger partial charge in [0.05, 0.1) is 6.26 Å². The third-order valence-corrected chi connectivity index (χ3v) is 3.17. The van der Waals surface area contributed by atoms with Crippen LogP contribution >= 0.6 is 0 Å². The van der Waals surface area contributed by atoms with Gasteiger partial charge in [-0.25, -0.2) is 0 Å². The molecule has 1 unspecified atom stereocenters. The van der Waals surface area contributed by atoms with Crippen LogP contribution in [-0.2, 0) is 6.42 Å². The Hall–Kier alpha value is -2.29. The Morgan fingerprint density at radius 2 is 2.16 bits per heavy atom. The van der Waals surface area contributed by atoms with Crippen molar-refractivity contribution in [1.29, 1.82) is 0 Å². The lowest BCUT2D eigenvalue weighted by Gasteiger charge is -2.15. The summed E-state index contributed by atoms with van der Waals surface area (Å²) in [6, 6.07) is 12.5. The minimum Gasteiger partial charge on any atom is -0.469 e. The van der Waals surface area contributed by atoms with Crippen LogP contribution in [0, 0.1) is 0 Å². The molecule has 3 nitrogen and oxygen atoms in total. The molecule has 3 heteroatoms. The van der Waals surface area contributed by atoms with E-state index in [1.165, 1.54) is 5.39 Å². The maximum absolute atomic E-state index is 5.38. The van der Waals surface area contributed by atoms with Crippen molar-refractivity contribution in [3.63, 3.8) is 0 Å². The maximum Gasteiger partial charge on any atom is 0.105 e. The van der Waals surface area contributed by atoms with Gasteiger partial charge in [-0.2, -0.15) is 0 Å². The number of furan rings is 1. The summed E-state index contributed by atoms with van der Waals surface area (Å²) in [7, 11) is 0. The van der Waals surface area contributed by atoms with Gasteiger partial charge in [-0.15, -0.1) is 0 Å². The molecule has 0 radical (unpaired) electrons. The van der Waals surface area contributed by atoms with Crippen LogP contribution in [0.1, 0.15) is 12.7 Å². The Bertz CT molecular complexity index is 656. The predicted octanol–water partition coefficient (Wildman–Crippen LogP) is 3.87. The fourth-order valence-electron chi connectivity index (χ4n) is 2.29. The van der Waals surface area contributed by atoms with Crippen LogP contribution in [0.15, 0.2) is 59.5 Å². The Kier molecular flexibility index (Phi) is 3.19. The average Bonchev–Trinajstić information content (AvgIpc) is 2.92. The molecule has 0 bridgehead atoms. The summed E-state index contributed by atoms with van der Waals surface area (Å²) in [6.07, 6.45) is 6.29. The van der Waals surface area contributed by atoms with Crippen molar-refractivity contribution in [1.82, 2.24) is 4.98 Å². The Balaban J connectivity index is 1.81. The van der Waals surface area contributed by atoms with Gasteiger partial charge in [0.25, 0.3) is 0 Å². The van der Waals surface area contributed by atoms with Crippen LogP contribution in [-0.4, -0.2) is 11.0 Å². The number of fused-ring (bicyclic) bond motifs is 1. The molecule has 1 aromatic carbocycles. The normalized spacial score (nSPS) is 12.5. The fourth-order valence-corrected chi connectivity index (χ4v) is 2.29. The van der Waals surface area contributed by atoms with Crippen LogP contribution in [0.5, 0.6) is 0 Å². The second-order valence-electron chi connectivity index (χ2n) is 4.73. The lowest BCUT2D eigenvalue weighted by atomic mass is 10.1. The molecule has 3 rings (SSSR count). The van der Waals surface area contributed by atoms with Crippen LogP contribution in [0.3, 0.4) is 0 Å². The highest BCUT2D eigenvalue weighted by Gasteiger charge is 2.07. The first kappa shape index (κ1) is 11.8. The molecular weight excluding hydrogens is 236 g/mol. The van der Waals surface area contributed by atoms with Gasteiger partial charge < -0.3 is 9.73 Å². The van der Waals surface area contributed by atoms with Gasteiger partial charge in [-0.1, -0.05) is 12.1 Å². The van der Waals surface area contributed by atoms with E-state index in [1.54, 1.807) is 6.26 Å². The molecule has 0 fully saturated rings. The molecule has 0 aliphatic heterocycles. The molecule has 0 aliphatic carbocycles. The summed E-state index contributed by atoms with van der Waals surface area (Å²) in [5.74, 6) is 0.998. The summed E-state index contributed by atoms with van der Waals surface area (Å²) in [6.45, 7) is 2.15. The second kappa shape index (κ2) is 5.14. The quantitative estimate of drug-likeness (QED) is 0.766. The topological polar surface area (TPSA) is 38.1 Å². The zero-order valence-electron chi connectivity index (χ0n) is 10.8. The number of nitrogens with one attached hydrogen (secondary N) is 1. The van der Waals surface area contributed by atoms with Gasteiger partial charge in [0.15, 0.2) is 0 Å². The molecule has 0 saturated carbocycles. The van der Waals surface area contributed by atoms with E-state index in [9.17, 15) is 0 Å². The third-order valence-electron chi connectivity index (χ3n) is 3.17. The van der Waals surface area contributed by atoms with Gasteiger partial charge in [0.1, 0.15) is 5.76 Å². The zero-order valence-corrected chi connectivity index (χ0v) is 10.8. The van der Waals surface area contributed by atoms with Crippen molar-refractivity contribution in [2.75, 3.05) is 5.32 Å². The SMILES string of the molecule is CC(Cc1ccco1)Nc1cccc2ccncc12. The highest BCUT2D eigenvalue weighted by atomic mass is 16.3. The number of benzene rings is 1. The lowest BCUT2D eigenvalue weighted by Crippen LogP contribution is -2.17. The third kappa shape index (κ3) is 2.60. The van der Waals surface area contributed by atoms with Crippen molar-refractivity contribution in [2.45, 2.75) is 19.4 Å². The second-order valence-corrected chi connectivity index (χ2v) is 4.73. The summed E-state index contributed by atoms with van der Waals surface area (Å²) >= 11 is 0. The molecule has 19 heavy (non-hydrogen) atoms. The number of hydrogen-bond acceptors (Lipinski definition) is 3. The van der Waals surface area contributed by atoms with Crippen molar-refractivity contribution in [3.8, 4) is 0 Å². The summed E-state index contributed by atoms with van der Waals surface area (Å²) < 4.78 is 5.38. The summed E-state index contributed by atoms with van der Waals surface area (Å²) in [5, 5.41) is 5.87. The predicted molar refractivity (Wildman–Crippen MR) is 77.2 cm³/mol. The van der Waals surface area contributed by atoms with E-state index in [0.29, 0.717) is 6.04 Å². The minimum atomic E-state index is 0.303. The molecule has 3 aromatic rings. The molecule has 1 atom stereocenters. The number of aromatic nitrogens is 1. The zero-order chi connectivity index (χ0) is 13.1. The van der Waals surface area contributed by atoms with E-state index in [4.69, 9.17) is 4.42 Å². The highest BCUT2D eigenvalue weighted by molar-refractivity contribution is 5.93. The maximum atomic E-state index is 5.38. The summed E-state index contributed by atoms with van der Waals surface area (Å²) in [5.41, 5.74) is 1.12. The van der Waals surface area contributed by atoms with Gasteiger partial charge in [-0.05, 0) is 36.6 Å². The van der Waals surface area contributed by atoms with Crippen molar-refractivity contribution < 1.29 is 4.42 Å². The smallest absolute Gasteiger partial charge is 0.105 e. The lowest BCUT2D eigenvalue weighted by molar-refractivity contribution is 0.498. The molecule has 1 N–H and O–H groups in total. The van der Waals surface area contributed by atoms with Gasteiger partial charge in [0.2, 0.25) is 0 Å². The largest absolute Gasteiger partial charge is 0.469 e. The Morgan fingerprint density at radius 3 is 3.00 bits per heavy atom. The van der Waals surface area contributed by atoms with E-state index in [-0.39, 0.29) is 0 Å². The first-order valence-electron chi connectivity index (χ1n) is 6.44. The number of nitrogens with zero attached hydrogens (tertiary/aromatic N) is 1. The number of rotatable bonds is 4. The summed E-state index contributed by atoms with van der Waals surface area (Å²) in [4.78, 5) is 4.20. The Morgan fingerprint density at radius 1 is 1.21 bits per heavy atom. The molecule has 0 amide bonds. The van der Waals surface area contributed by atoms with Gasteiger partial charge in [0, 0.05) is 35.9 Å². The van der Waals surface area contributed by atoms with Crippen LogP contribution < -0.4 is 5.32 Å². The van der Waals surface area contributed by atoms with Gasteiger partial charge in [-0.3, -0.25) is 4.98 Å². The van der Waals surface area contributed by atoms with E-state index in [1.807, 2.05) is 30.6 Å². The van der Waals surface area contributed by atoms with Crippen molar-refractivity contribution >= 4 is 16.5 Å². The molecule has 0 saturated heterocycles. The molecule has 0 spiro atoms. The van der Waals surface area contributed by atoms with Crippen molar-refractivity contribution in [2.24, 2.45) is 0 Å². The number of hydrogen-bond donors (Lipinski definition) is 1. The number of anilines is 1. The van der Waals surface area contributed by atoms with Crippen LogP contribution in [0.25, 0.3) is 10.8 Å². The van der Waals surface area contributed by atoms with Gasteiger partial charge >= 0.3 is 0 Å². The first-order chi connectivity index (χ1) is 9.33. The van der Waals surface area contributed by atoms with E-state index >= 15 is 0 Å². The highest BCUT2D eigenvalue weighted by Crippen LogP contribution is 2.23. The molecule has 2 heterocycles.